The van der Waals surface area contributed by atoms with Crippen LogP contribution in [0, 0.1) is 6.92 Å². The van der Waals surface area contributed by atoms with Gasteiger partial charge in [0, 0.05) is 25.0 Å². The van der Waals surface area contributed by atoms with Gasteiger partial charge in [0.2, 0.25) is 5.91 Å². The molecule has 0 bridgehead atoms. The molecule has 0 unspecified atom stereocenters. The van der Waals surface area contributed by atoms with E-state index in [9.17, 15) is 4.79 Å². The van der Waals surface area contributed by atoms with Gasteiger partial charge >= 0.3 is 0 Å². The Balaban J connectivity index is 2.22. The maximum Gasteiger partial charge on any atom is 0.248 e. The number of benzene rings is 1. The van der Waals surface area contributed by atoms with Crippen molar-refractivity contribution in [2.24, 2.45) is 0 Å². The van der Waals surface area contributed by atoms with E-state index < -0.39 is 6.61 Å². The summed E-state index contributed by atoms with van der Waals surface area (Å²) < 4.78 is 0. The summed E-state index contributed by atoms with van der Waals surface area (Å²) in [5.41, 5.74) is 2.50. The molecule has 1 aliphatic rings. The van der Waals surface area contributed by atoms with Crippen molar-refractivity contribution >= 4 is 5.91 Å². The second-order valence-corrected chi connectivity index (χ2v) is 5.50. The molecule has 0 aliphatic carbocycles. The van der Waals surface area contributed by atoms with E-state index >= 15 is 0 Å². The lowest BCUT2D eigenvalue weighted by atomic mass is 9.93. The van der Waals surface area contributed by atoms with Crippen LogP contribution in [0.4, 0.5) is 0 Å². The van der Waals surface area contributed by atoms with Crippen LogP contribution < -0.4 is 0 Å². The SMILES string of the molecule is Cc1ccc([C@@H]2CN(C(=O)CO)C[C@H]2N(C)C)cc1. The highest BCUT2D eigenvalue weighted by atomic mass is 16.3. The van der Waals surface area contributed by atoms with Gasteiger partial charge in [-0.2, -0.15) is 0 Å². The summed E-state index contributed by atoms with van der Waals surface area (Å²) in [7, 11) is 4.08. The lowest BCUT2D eigenvalue weighted by Crippen LogP contribution is -2.36. The molecule has 4 nitrogen and oxygen atoms in total. The minimum Gasteiger partial charge on any atom is -0.387 e. The highest BCUT2D eigenvalue weighted by Gasteiger charge is 2.36. The van der Waals surface area contributed by atoms with Gasteiger partial charge in [-0.1, -0.05) is 29.8 Å². The van der Waals surface area contributed by atoms with Crippen LogP contribution in [0.3, 0.4) is 0 Å². The van der Waals surface area contributed by atoms with Crippen molar-refractivity contribution < 1.29 is 9.90 Å². The van der Waals surface area contributed by atoms with Gasteiger partial charge in [-0.3, -0.25) is 4.79 Å². The first kappa shape index (κ1) is 14.0. The molecule has 1 heterocycles. The van der Waals surface area contributed by atoms with Crippen LogP contribution in [0.15, 0.2) is 24.3 Å². The van der Waals surface area contributed by atoms with E-state index in [0.717, 1.165) is 0 Å². The molecule has 1 N–H and O–H groups in total. The fourth-order valence-electron chi connectivity index (χ4n) is 2.75. The first-order chi connectivity index (χ1) is 9.02. The van der Waals surface area contributed by atoms with Gasteiger partial charge in [0.1, 0.15) is 6.61 Å². The molecule has 0 aromatic heterocycles. The van der Waals surface area contributed by atoms with Crippen molar-refractivity contribution in [3.05, 3.63) is 35.4 Å². The minimum absolute atomic E-state index is 0.179. The quantitative estimate of drug-likeness (QED) is 0.878. The summed E-state index contributed by atoms with van der Waals surface area (Å²) >= 11 is 0. The largest absolute Gasteiger partial charge is 0.387 e. The zero-order valence-corrected chi connectivity index (χ0v) is 11.8. The Morgan fingerprint density at radius 1 is 1.32 bits per heavy atom. The van der Waals surface area contributed by atoms with Crippen LogP contribution in [0.2, 0.25) is 0 Å². The molecule has 0 spiro atoms. The van der Waals surface area contributed by atoms with Gasteiger partial charge in [-0.05, 0) is 26.6 Å². The van der Waals surface area contributed by atoms with Crippen molar-refractivity contribution in [2.45, 2.75) is 18.9 Å². The van der Waals surface area contributed by atoms with E-state index in [0.29, 0.717) is 25.0 Å². The standard InChI is InChI=1S/C15H22N2O2/c1-11-4-6-12(7-5-11)13-8-17(15(19)10-18)9-14(13)16(2)3/h4-7,13-14,18H,8-10H2,1-3H3/t13-,14+/m0/s1. The number of amides is 1. The van der Waals surface area contributed by atoms with E-state index in [2.05, 4.69) is 36.1 Å². The molecule has 0 radical (unpaired) electrons. The molecule has 1 saturated heterocycles. The number of likely N-dealkylation sites (N-methyl/N-ethyl adjacent to an activating group) is 1. The average Bonchev–Trinajstić information content (AvgIpc) is 2.84. The van der Waals surface area contributed by atoms with Crippen molar-refractivity contribution in [1.29, 1.82) is 0 Å². The van der Waals surface area contributed by atoms with Gasteiger partial charge < -0.3 is 14.9 Å². The Hall–Kier alpha value is -1.39. The van der Waals surface area contributed by atoms with Gasteiger partial charge in [-0.25, -0.2) is 0 Å². The number of nitrogens with zero attached hydrogens (tertiary/aromatic N) is 2. The first-order valence-corrected chi connectivity index (χ1v) is 6.64. The average molecular weight is 262 g/mol. The third-order valence-electron chi connectivity index (χ3n) is 3.95. The van der Waals surface area contributed by atoms with Crippen molar-refractivity contribution in [3.8, 4) is 0 Å². The Bertz CT molecular complexity index is 442. The number of aliphatic hydroxyl groups excluding tert-OH is 1. The Morgan fingerprint density at radius 3 is 2.47 bits per heavy atom. The summed E-state index contributed by atoms with van der Waals surface area (Å²) in [6.07, 6.45) is 0. The van der Waals surface area contributed by atoms with Crippen LogP contribution >= 0.6 is 0 Å². The lowest BCUT2D eigenvalue weighted by molar-refractivity contribution is -0.133. The molecule has 1 fully saturated rings. The third kappa shape index (κ3) is 2.96. The van der Waals surface area contributed by atoms with Crippen LogP contribution in [-0.4, -0.2) is 60.6 Å². The van der Waals surface area contributed by atoms with E-state index in [1.54, 1.807) is 4.90 Å². The maximum absolute atomic E-state index is 11.7. The van der Waals surface area contributed by atoms with Crippen molar-refractivity contribution in [3.63, 3.8) is 0 Å². The summed E-state index contributed by atoms with van der Waals surface area (Å²) in [4.78, 5) is 15.6. The summed E-state index contributed by atoms with van der Waals surface area (Å²) in [5.74, 6) is 0.132. The third-order valence-corrected chi connectivity index (χ3v) is 3.95. The summed E-state index contributed by atoms with van der Waals surface area (Å²) in [6.45, 7) is 3.04. The molecule has 1 aromatic carbocycles. The molecule has 0 saturated carbocycles. The van der Waals surface area contributed by atoms with Crippen LogP contribution in [0.1, 0.15) is 17.0 Å². The molecule has 1 amide bonds. The zero-order valence-electron chi connectivity index (χ0n) is 11.8. The lowest BCUT2D eigenvalue weighted by Gasteiger charge is -2.25. The maximum atomic E-state index is 11.7. The highest BCUT2D eigenvalue weighted by Crippen LogP contribution is 2.30. The van der Waals surface area contributed by atoms with Crippen LogP contribution in [0.25, 0.3) is 0 Å². The topological polar surface area (TPSA) is 43.8 Å². The van der Waals surface area contributed by atoms with Gasteiger partial charge in [-0.15, -0.1) is 0 Å². The fourth-order valence-corrected chi connectivity index (χ4v) is 2.75. The molecule has 1 aliphatic heterocycles. The number of carbonyl (C=O) groups is 1. The normalized spacial score (nSPS) is 23.1. The smallest absolute Gasteiger partial charge is 0.248 e. The van der Waals surface area contributed by atoms with Gasteiger partial charge in [0.15, 0.2) is 0 Å². The predicted molar refractivity (Wildman–Crippen MR) is 75.1 cm³/mol. The molecule has 4 heteroatoms. The fraction of sp³-hybridized carbons (Fsp3) is 0.533. The monoisotopic (exact) mass is 262 g/mol. The minimum atomic E-state index is -0.402. The highest BCUT2D eigenvalue weighted by molar-refractivity contribution is 5.77. The van der Waals surface area contributed by atoms with E-state index in [4.69, 9.17) is 5.11 Å². The zero-order chi connectivity index (χ0) is 14.0. The van der Waals surface area contributed by atoms with E-state index in [1.165, 1.54) is 11.1 Å². The number of likely N-dealkylation sites (tertiary alicyclic amines) is 1. The summed E-state index contributed by atoms with van der Waals surface area (Å²) in [6, 6.07) is 8.81. The number of rotatable bonds is 3. The predicted octanol–water partition coefficient (Wildman–Crippen LogP) is 0.843. The van der Waals surface area contributed by atoms with Crippen LogP contribution in [-0.2, 0) is 4.79 Å². The molecule has 19 heavy (non-hydrogen) atoms. The molecular formula is C15H22N2O2. The Labute approximate surface area is 114 Å². The van der Waals surface area contributed by atoms with Crippen LogP contribution in [0.5, 0.6) is 0 Å². The van der Waals surface area contributed by atoms with Crippen molar-refractivity contribution in [1.82, 2.24) is 9.80 Å². The molecule has 2 atom stereocenters. The Morgan fingerprint density at radius 2 is 1.95 bits per heavy atom. The van der Waals surface area contributed by atoms with E-state index in [1.807, 2.05) is 14.1 Å². The Kier molecular flexibility index (Phi) is 4.22. The molecule has 104 valence electrons. The number of carbonyl (C=O) groups excluding carboxylic acids is 1. The second kappa shape index (κ2) is 5.72. The number of aliphatic hydroxyl groups is 1. The number of hydrogen-bond acceptors (Lipinski definition) is 3. The molecule has 2 rings (SSSR count). The van der Waals surface area contributed by atoms with E-state index in [-0.39, 0.29) is 5.91 Å². The van der Waals surface area contributed by atoms with Gasteiger partial charge in [0.25, 0.3) is 0 Å². The molecule has 1 aromatic rings. The van der Waals surface area contributed by atoms with Crippen molar-refractivity contribution in [2.75, 3.05) is 33.8 Å². The number of hydrogen-bond donors (Lipinski definition) is 1. The second-order valence-electron chi connectivity index (χ2n) is 5.50. The summed E-state index contributed by atoms with van der Waals surface area (Å²) in [5, 5.41) is 9.01. The molecular weight excluding hydrogens is 240 g/mol. The number of aryl methyl sites for hydroxylation is 1. The first-order valence-electron chi connectivity index (χ1n) is 6.64. The van der Waals surface area contributed by atoms with Gasteiger partial charge in [0.05, 0.1) is 0 Å².